The van der Waals surface area contributed by atoms with Crippen molar-refractivity contribution >= 4 is 29.6 Å². The number of aromatic nitrogens is 1. The molecule has 1 fully saturated rings. The van der Waals surface area contributed by atoms with E-state index in [9.17, 15) is 14.4 Å². The Morgan fingerprint density at radius 1 is 1.03 bits per heavy atom. The Balaban J connectivity index is 1.49. The molecule has 0 unspecified atom stereocenters. The second kappa shape index (κ2) is 8.08. The van der Waals surface area contributed by atoms with Gasteiger partial charge in [-0.15, -0.1) is 0 Å². The average Bonchev–Trinajstić information content (AvgIpc) is 3.29. The van der Waals surface area contributed by atoms with E-state index in [-0.39, 0.29) is 12.2 Å². The number of carbonyl (C=O) groups excluding carboxylic acids is 3. The zero-order valence-corrected chi connectivity index (χ0v) is 16.3. The number of nitrogens with one attached hydrogen (secondary N) is 2. The largest absolute Gasteiger partial charge is 0.329 e. The van der Waals surface area contributed by atoms with Crippen molar-refractivity contribution in [3.63, 3.8) is 0 Å². The van der Waals surface area contributed by atoms with Crippen LogP contribution in [0.15, 0.2) is 78.6 Å². The van der Waals surface area contributed by atoms with Crippen LogP contribution in [0.3, 0.4) is 0 Å². The summed E-state index contributed by atoms with van der Waals surface area (Å²) in [6.45, 7) is 1.55. The molecule has 1 aromatic heterocycles. The molecule has 1 aliphatic heterocycles. The zero-order chi connectivity index (χ0) is 21.1. The van der Waals surface area contributed by atoms with Gasteiger partial charge in [0.05, 0.1) is 0 Å². The van der Waals surface area contributed by atoms with E-state index in [0.717, 1.165) is 21.8 Å². The van der Waals surface area contributed by atoms with Gasteiger partial charge in [0.15, 0.2) is 0 Å². The van der Waals surface area contributed by atoms with Gasteiger partial charge in [-0.05, 0) is 55.0 Å². The zero-order valence-electron chi connectivity index (χ0n) is 16.3. The lowest BCUT2D eigenvalue weighted by Gasteiger charge is -2.12. The van der Waals surface area contributed by atoms with Crippen LogP contribution >= 0.6 is 0 Å². The molecule has 1 aliphatic rings. The second-order valence-corrected chi connectivity index (χ2v) is 6.94. The first-order chi connectivity index (χ1) is 14.5. The van der Waals surface area contributed by atoms with Crippen molar-refractivity contribution in [1.29, 1.82) is 0 Å². The minimum absolute atomic E-state index is 0.124. The smallest absolute Gasteiger partial charge is 0.325 e. The minimum Gasteiger partial charge on any atom is -0.325 e. The molecule has 4 amide bonds. The van der Waals surface area contributed by atoms with Crippen molar-refractivity contribution in [2.75, 3.05) is 11.9 Å². The first-order valence-corrected chi connectivity index (χ1v) is 9.45. The Morgan fingerprint density at radius 3 is 2.60 bits per heavy atom. The molecular weight excluding hydrogens is 380 g/mol. The Kier molecular flexibility index (Phi) is 5.17. The number of aryl methyl sites for hydroxylation is 1. The van der Waals surface area contributed by atoms with Crippen LogP contribution in [0.1, 0.15) is 11.3 Å². The molecule has 1 saturated heterocycles. The summed E-state index contributed by atoms with van der Waals surface area (Å²) in [5.41, 5.74) is 3.40. The number of hydrogen-bond acceptors (Lipinski definition) is 3. The third-order valence-corrected chi connectivity index (χ3v) is 4.67. The molecule has 3 aromatic rings. The standard InChI is InChI=1S/C23H20N4O3/c1-16-7-5-8-17(13-16)24-21(28)15-27-22(29)20(25-23(27)30)14-19-11-6-12-26(19)18-9-3-2-4-10-18/h2-14H,15H2,1H3,(H,24,28)(H,25,30). The molecule has 0 saturated carbocycles. The molecule has 30 heavy (non-hydrogen) atoms. The SMILES string of the molecule is Cc1cccc(NC(=O)CN2C(=O)NC(=Cc3cccn3-c3ccccc3)C2=O)c1. The molecule has 0 radical (unpaired) electrons. The van der Waals surface area contributed by atoms with E-state index in [1.165, 1.54) is 0 Å². The molecule has 7 heteroatoms. The molecular formula is C23H20N4O3. The van der Waals surface area contributed by atoms with Crippen molar-refractivity contribution in [1.82, 2.24) is 14.8 Å². The molecule has 0 atom stereocenters. The second-order valence-electron chi connectivity index (χ2n) is 6.94. The number of anilines is 1. The van der Waals surface area contributed by atoms with Crippen molar-refractivity contribution in [3.05, 3.63) is 89.9 Å². The van der Waals surface area contributed by atoms with Crippen molar-refractivity contribution in [3.8, 4) is 5.69 Å². The van der Waals surface area contributed by atoms with Gasteiger partial charge in [0.2, 0.25) is 5.91 Å². The molecule has 0 aliphatic carbocycles. The van der Waals surface area contributed by atoms with E-state index in [0.29, 0.717) is 5.69 Å². The third-order valence-electron chi connectivity index (χ3n) is 4.67. The van der Waals surface area contributed by atoms with Gasteiger partial charge < -0.3 is 15.2 Å². The first-order valence-electron chi connectivity index (χ1n) is 9.45. The quantitative estimate of drug-likeness (QED) is 0.509. The lowest BCUT2D eigenvalue weighted by atomic mass is 10.2. The number of urea groups is 1. The predicted molar refractivity (Wildman–Crippen MR) is 114 cm³/mol. The first kappa shape index (κ1) is 19.2. The lowest BCUT2D eigenvalue weighted by molar-refractivity contribution is -0.127. The fourth-order valence-electron chi connectivity index (χ4n) is 3.27. The maximum atomic E-state index is 12.7. The summed E-state index contributed by atoms with van der Waals surface area (Å²) in [7, 11) is 0. The number of nitrogens with zero attached hydrogens (tertiary/aromatic N) is 2. The monoisotopic (exact) mass is 400 g/mol. The van der Waals surface area contributed by atoms with Crippen LogP contribution in [0.4, 0.5) is 10.5 Å². The average molecular weight is 400 g/mol. The summed E-state index contributed by atoms with van der Waals surface area (Å²) in [5, 5.41) is 5.26. The van der Waals surface area contributed by atoms with Gasteiger partial charge in [0.1, 0.15) is 12.2 Å². The highest BCUT2D eigenvalue weighted by Crippen LogP contribution is 2.18. The molecule has 7 nitrogen and oxygen atoms in total. The van der Waals surface area contributed by atoms with Crippen LogP contribution in [0, 0.1) is 6.92 Å². The molecule has 4 rings (SSSR count). The van der Waals surface area contributed by atoms with Crippen molar-refractivity contribution in [2.24, 2.45) is 0 Å². The van der Waals surface area contributed by atoms with Crippen molar-refractivity contribution in [2.45, 2.75) is 6.92 Å². The van der Waals surface area contributed by atoms with Crippen LogP contribution in [0.25, 0.3) is 11.8 Å². The minimum atomic E-state index is -0.622. The van der Waals surface area contributed by atoms with Crippen LogP contribution in [-0.4, -0.2) is 33.9 Å². The maximum absolute atomic E-state index is 12.7. The van der Waals surface area contributed by atoms with Crippen LogP contribution in [0.5, 0.6) is 0 Å². The molecule has 0 spiro atoms. The topological polar surface area (TPSA) is 83.4 Å². The third kappa shape index (κ3) is 4.00. The Bertz CT molecular complexity index is 1150. The number of imide groups is 1. The molecule has 2 aromatic carbocycles. The van der Waals surface area contributed by atoms with Gasteiger partial charge in [-0.3, -0.25) is 9.59 Å². The van der Waals surface area contributed by atoms with Gasteiger partial charge >= 0.3 is 6.03 Å². The maximum Gasteiger partial charge on any atom is 0.329 e. The summed E-state index contributed by atoms with van der Waals surface area (Å²) in [6.07, 6.45) is 3.47. The van der Waals surface area contributed by atoms with Crippen LogP contribution in [-0.2, 0) is 9.59 Å². The fraction of sp³-hybridized carbons (Fsp3) is 0.0870. The number of amides is 4. The molecule has 2 N–H and O–H groups in total. The number of carbonyl (C=O) groups is 3. The predicted octanol–water partition coefficient (Wildman–Crippen LogP) is 3.32. The highest BCUT2D eigenvalue weighted by Gasteiger charge is 2.35. The van der Waals surface area contributed by atoms with E-state index >= 15 is 0 Å². The number of benzene rings is 2. The van der Waals surface area contributed by atoms with Crippen molar-refractivity contribution < 1.29 is 14.4 Å². The van der Waals surface area contributed by atoms with E-state index < -0.39 is 17.8 Å². The van der Waals surface area contributed by atoms with Crippen LogP contribution < -0.4 is 10.6 Å². The Labute approximate surface area is 173 Å². The van der Waals surface area contributed by atoms with Gasteiger partial charge in [0, 0.05) is 23.3 Å². The number of hydrogen-bond donors (Lipinski definition) is 2. The summed E-state index contributed by atoms with van der Waals surface area (Å²) >= 11 is 0. The van der Waals surface area contributed by atoms with E-state index in [1.54, 1.807) is 12.1 Å². The van der Waals surface area contributed by atoms with Gasteiger partial charge in [-0.2, -0.15) is 0 Å². The van der Waals surface area contributed by atoms with Gasteiger partial charge in [-0.25, -0.2) is 9.69 Å². The van der Waals surface area contributed by atoms with E-state index in [4.69, 9.17) is 0 Å². The number of rotatable bonds is 5. The van der Waals surface area contributed by atoms with E-state index in [2.05, 4.69) is 10.6 Å². The molecule has 0 bridgehead atoms. The molecule has 2 heterocycles. The summed E-state index contributed by atoms with van der Waals surface area (Å²) in [6, 6.07) is 20.0. The Hall–Kier alpha value is -4.13. The normalized spacial score (nSPS) is 14.8. The van der Waals surface area contributed by atoms with Gasteiger partial charge in [0.25, 0.3) is 5.91 Å². The van der Waals surface area contributed by atoms with Crippen LogP contribution in [0.2, 0.25) is 0 Å². The Morgan fingerprint density at radius 2 is 1.83 bits per heavy atom. The highest BCUT2D eigenvalue weighted by molar-refractivity contribution is 6.15. The number of para-hydroxylation sites is 1. The summed E-state index contributed by atoms with van der Waals surface area (Å²) < 4.78 is 1.90. The molecule has 150 valence electrons. The van der Waals surface area contributed by atoms with E-state index in [1.807, 2.05) is 78.4 Å². The highest BCUT2D eigenvalue weighted by atomic mass is 16.2. The summed E-state index contributed by atoms with van der Waals surface area (Å²) in [5.74, 6) is -0.988. The fourth-order valence-corrected chi connectivity index (χ4v) is 3.27. The lowest BCUT2D eigenvalue weighted by Crippen LogP contribution is -2.38. The van der Waals surface area contributed by atoms with Gasteiger partial charge in [-0.1, -0.05) is 30.3 Å². The summed E-state index contributed by atoms with van der Waals surface area (Å²) in [4.78, 5) is 38.2.